The lowest BCUT2D eigenvalue weighted by Gasteiger charge is -2.45. The van der Waals surface area contributed by atoms with Crippen LogP contribution in [0.15, 0.2) is 41.1 Å². The summed E-state index contributed by atoms with van der Waals surface area (Å²) in [5, 5.41) is 30.3. The van der Waals surface area contributed by atoms with Gasteiger partial charge in [-0.1, -0.05) is 12.1 Å². The number of methoxy groups -OCH3 is 1. The summed E-state index contributed by atoms with van der Waals surface area (Å²) in [6, 6.07) is 12.0. The molecule has 35 heavy (non-hydrogen) atoms. The van der Waals surface area contributed by atoms with Gasteiger partial charge in [0, 0.05) is 44.6 Å². The van der Waals surface area contributed by atoms with E-state index >= 15 is 0 Å². The van der Waals surface area contributed by atoms with Crippen LogP contribution in [0.4, 0.5) is 0 Å². The highest BCUT2D eigenvalue weighted by atomic mass is 16.5. The largest absolute Gasteiger partial charge is 0.493 e. The number of fused-ring (bicyclic) bond motifs is 1. The number of allylic oxidation sites excluding steroid dienone is 2. The topological polar surface area (TPSA) is 132 Å². The van der Waals surface area contributed by atoms with E-state index in [1.54, 1.807) is 7.11 Å². The molecule has 182 valence electrons. The highest BCUT2D eigenvalue weighted by Gasteiger charge is 2.54. The second kappa shape index (κ2) is 10.4. The van der Waals surface area contributed by atoms with E-state index in [9.17, 15) is 15.8 Å². The molecular formula is C26H30N6O3. The van der Waals surface area contributed by atoms with Crippen molar-refractivity contribution in [2.45, 2.75) is 5.92 Å². The van der Waals surface area contributed by atoms with Crippen molar-refractivity contribution in [2.75, 3.05) is 66.7 Å². The number of rotatable bonds is 6. The first-order valence-electron chi connectivity index (χ1n) is 11.7. The Kier molecular flexibility index (Phi) is 7.28. The molecule has 1 saturated heterocycles. The van der Waals surface area contributed by atoms with E-state index in [1.165, 1.54) is 0 Å². The van der Waals surface area contributed by atoms with Crippen molar-refractivity contribution in [3.05, 3.63) is 46.7 Å². The van der Waals surface area contributed by atoms with Crippen LogP contribution < -0.4 is 15.2 Å². The van der Waals surface area contributed by atoms with E-state index < -0.39 is 11.3 Å². The predicted molar refractivity (Wildman–Crippen MR) is 128 cm³/mol. The quantitative estimate of drug-likeness (QED) is 0.655. The summed E-state index contributed by atoms with van der Waals surface area (Å²) >= 11 is 0. The molecule has 0 radical (unpaired) electrons. The summed E-state index contributed by atoms with van der Waals surface area (Å²) in [6.07, 6.45) is 1.98. The summed E-state index contributed by atoms with van der Waals surface area (Å²) in [7, 11) is 3.54. The molecule has 9 heteroatoms. The lowest BCUT2D eigenvalue weighted by atomic mass is 9.58. The molecule has 0 aromatic heterocycles. The molecule has 1 aromatic carbocycles. The van der Waals surface area contributed by atoms with Crippen molar-refractivity contribution >= 4 is 0 Å². The zero-order valence-electron chi connectivity index (χ0n) is 20.2. The van der Waals surface area contributed by atoms with Gasteiger partial charge in [-0.3, -0.25) is 4.90 Å². The molecule has 0 spiro atoms. The smallest absolute Gasteiger partial charge is 0.191 e. The van der Waals surface area contributed by atoms with E-state index in [0.717, 1.165) is 44.0 Å². The molecule has 1 aliphatic carbocycles. The molecule has 9 nitrogen and oxygen atoms in total. The van der Waals surface area contributed by atoms with Crippen LogP contribution in [-0.2, 0) is 4.74 Å². The highest BCUT2D eigenvalue weighted by Crippen LogP contribution is 2.54. The van der Waals surface area contributed by atoms with Gasteiger partial charge < -0.3 is 24.8 Å². The van der Waals surface area contributed by atoms with Gasteiger partial charge in [-0.15, -0.1) is 0 Å². The molecule has 2 aliphatic heterocycles. The maximum Gasteiger partial charge on any atom is 0.191 e. The van der Waals surface area contributed by atoms with Gasteiger partial charge in [0.25, 0.3) is 0 Å². The first-order chi connectivity index (χ1) is 17.0. The summed E-state index contributed by atoms with van der Waals surface area (Å²) in [5.41, 5.74) is 6.53. The van der Waals surface area contributed by atoms with E-state index in [0.29, 0.717) is 31.2 Å². The first kappa shape index (κ1) is 24.6. The second-order valence-electron chi connectivity index (χ2n) is 9.11. The molecule has 0 unspecified atom stereocenters. The Labute approximate surface area is 206 Å². The van der Waals surface area contributed by atoms with Crippen LogP contribution in [0, 0.1) is 45.3 Å². The molecular weight excluding hydrogens is 444 g/mol. The van der Waals surface area contributed by atoms with E-state index in [4.69, 9.17) is 19.9 Å². The minimum absolute atomic E-state index is 0.0202. The Morgan fingerprint density at radius 2 is 1.91 bits per heavy atom. The van der Waals surface area contributed by atoms with Crippen molar-refractivity contribution < 1.29 is 14.2 Å². The standard InChI is InChI=1S/C26H30N6O3/c1-31-6-5-19-20(14-27)25(30)26(16-28,17-29)24(21(19)15-31)18-3-4-22(23(13-18)33-2)35-12-9-32-7-10-34-11-8-32/h3-5,13,21,24H,6-12,15,30H2,1-2H3/t21-,24+/m1/s1. The van der Waals surface area contributed by atoms with Crippen LogP contribution in [0.1, 0.15) is 11.5 Å². The van der Waals surface area contributed by atoms with E-state index in [-0.39, 0.29) is 17.2 Å². The minimum atomic E-state index is -1.67. The van der Waals surface area contributed by atoms with Gasteiger partial charge in [0.05, 0.1) is 43.7 Å². The Morgan fingerprint density at radius 3 is 2.57 bits per heavy atom. The zero-order chi connectivity index (χ0) is 25.0. The summed E-state index contributed by atoms with van der Waals surface area (Å²) in [6.45, 7) is 5.79. The highest BCUT2D eigenvalue weighted by molar-refractivity contribution is 5.60. The SMILES string of the molecule is COc1cc([C@H]2[C@@H]3CN(C)CC=C3C(C#N)=C(N)C2(C#N)C#N)ccc1OCCN1CCOCC1. The van der Waals surface area contributed by atoms with Crippen LogP contribution in [0.25, 0.3) is 0 Å². The number of morpholine rings is 1. The maximum atomic E-state index is 10.2. The molecule has 0 amide bonds. The number of hydrogen-bond acceptors (Lipinski definition) is 9. The lowest BCUT2D eigenvalue weighted by molar-refractivity contribution is 0.0321. The van der Waals surface area contributed by atoms with Crippen LogP contribution in [0.3, 0.4) is 0 Å². The molecule has 2 N–H and O–H groups in total. The molecule has 4 rings (SSSR count). The van der Waals surface area contributed by atoms with Crippen LogP contribution in [0.5, 0.6) is 11.5 Å². The third-order valence-corrected chi connectivity index (χ3v) is 7.16. The Hall–Kier alpha value is -3.55. The molecule has 2 heterocycles. The number of nitrogens with two attached hydrogens (primary N) is 1. The van der Waals surface area contributed by atoms with Gasteiger partial charge in [-0.25, -0.2) is 0 Å². The predicted octanol–water partition coefficient (Wildman–Crippen LogP) is 1.76. The third-order valence-electron chi connectivity index (χ3n) is 7.16. The summed E-state index contributed by atoms with van der Waals surface area (Å²) < 4.78 is 17.0. The van der Waals surface area contributed by atoms with Crippen molar-refractivity contribution in [1.82, 2.24) is 9.80 Å². The van der Waals surface area contributed by atoms with Crippen LogP contribution in [-0.4, -0.2) is 76.5 Å². The number of likely N-dealkylation sites (N-methyl/N-ethyl adjacent to an activating group) is 1. The second-order valence-corrected chi connectivity index (χ2v) is 9.11. The van der Waals surface area contributed by atoms with Gasteiger partial charge in [0.1, 0.15) is 12.7 Å². The van der Waals surface area contributed by atoms with Gasteiger partial charge in [-0.05, 0) is 30.3 Å². The van der Waals surface area contributed by atoms with Crippen molar-refractivity contribution in [3.63, 3.8) is 0 Å². The van der Waals surface area contributed by atoms with E-state index in [1.807, 2.05) is 31.3 Å². The van der Waals surface area contributed by atoms with E-state index in [2.05, 4.69) is 28.0 Å². The molecule has 0 saturated carbocycles. The van der Waals surface area contributed by atoms with Gasteiger partial charge in [-0.2, -0.15) is 15.8 Å². The lowest BCUT2D eigenvalue weighted by Crippen LogP contribution is -2.47. The van der Waals surface area contributed by atoms with Crippen LogP contribution in [0.2, 0.25) is 0 Å². The fraction of sp³-hybridized carbons (Fsp3) is 0.500. The van der Waals surface area contributed by atoms with Gasteiger partial charge >= 0.3 is 0 Å². The molecule has 2 atom stereocenters. The third kappa shape index (κ3) is 4.45. The first-order valence-corrected chi connectivity index (χ1v) is 11.7. The maximum absolute atomic E-state index is 10.2. The number of nitrogens with zero attached hydrogens (tertiary/aromatic N) is 5. The monoisotopic (exact) mass is 474 g/mol. The minimum Gasteiger partial charge on any atom is -0.493 e. The Morgan fingerprint density at radius 1 is 1.17 bits per heavy atom. The van der Waals surface area contributed by atoms with Crippen molar-refractivity contribution in [1.29, 1.82) is 15.8 Å². The fourth-order valence-corrected chi connectivity index (χ4v) is 5.31. The number of ether oxygens (including phenoxy) is 3. The molecule has 0 bridgehead atoms. The zero-order valence-corrected chi connectivity index (χ0v) is 20.2. The molecule has 1 aromatic rings. The Balaban J connectivity index is 1.69. The van der Waals surface area contributed by atoms with Crippen molar-refractivity contribution in [3.8, 4) is 29.7 Å². The van der Waals surface area contributed by atoms with Crippen LogP contribution >= 0.6 is 0 Å². The average Bonchev–Trinajstić information content (AvgIpc) is 2.89. The normalized spacial score (nSPS) is 24.4. The number of benzene rings is 1. The average molecular weight is 475 g/mol. The number of hydrogen-bond donors (Lipinski definition) is 1. The van der Waals surface area contributed by atoms with Gasteiger partial charge in [0.15, 0.2) is 16.9 Å². The summed E-state index contributed by atoms with van der Waals surface area (Å²) in [4.78, 5) is 4.40. The van der Waals surface area contributed by atoms with Crippen molar-refractivity contribution in [2.24, 2.45) is 17.1 Å². The molecule has 1 fully saturated rings. The van der Waals surface area contributed by atoms with Gasteiger partial charge in [0.2, 0.25) is 0 Å². The summed E-state index contributed by atoms with van der Waals surface area (Å²) in [5.74, 6) is 0.308. The fourth-order valence-electron chi connectivity index (χ4n) is 5.31. The molecule has 3 aliphatic rings. The Bertz CT molecular complexity index is 1140. The number of nitriles is 3.